The minimum atomic E-state index is -0.116. The fraction of sp³-hybridized carbons (Fsp3) is 0.571. The molecule has 0 spiro atoms. The van der Waals surface area contributed by atoms with Gasteiger partial charge in [-0.15, -0.1) is 0 Å². The fourth-order valence-electron chi connectivity index (χ4n) is 2.88. The largest absolute Gasteiger partial charge is 0.380 e. The van der Waals surface area contributed by atoms with E-state index < -0.39 is 0 Å². The molecule has 108 valence electrons. The number of hydrogen-bond acceptors (Lipinski definition) is 4. The molecule has 2 fully saturated rings. The van der Waals surface area contributed by atoms with Gasteiger partial charge in [-0.05, 0) is 40.3 Å². The molecule has 0 aromatic carbocycles. The molecule has 1 aromatic rings. The van der Waals surface area contributed by atoms with Crippen LogP contribution in [0.25, 0.3) is 0 Å². The van der Waals surface area contributed by atoms with Crippen molar-refractivity contribution in [1.29, 1.82) is 0 Å². The molecule has 0 radical (unpaired) electrons. The number of hydrogen-bond donors (Lipinski definition) is 2. The van der Waals surface area contributed by atoms with E-state index in [0.29, 0.717) is 28.5 Å². The van der Waals surface area contributed by atoms with Gasteiger partial charge in [0.25, 0.3) is 0 Å². The first-order chi connectivity index (χ1) is 9.51. The van der Waals surface area contributed by atoms with Gasteiger partial charge in [0.05, 0.1) is 12.6 Å². The van der Waals surface area contributed by atoms with Gasteiger partial charge in [-0.3, -0.25) is 4.79 Å². The van der Waals surface area contributed by atoms with E-state index in [2.05, 4.69) is 38.5 Å². The van der Waals surface area contributed by atoms with Crippen LogP contribution in [0.5, 0.6) is 0 Å². The average Bonchev–Trinajstić information content (AvgIpc) is 2.91. The highest BCUT2D eigenvalue weighted by Crippen LogP contribution is 2.53. The number of nitrogens with zero attached hydrogens (tertiary/aromatic N) is 1. The Kier molecular flexibility index (Phi) is 3.56. The Labute approximate surface area is 126 Å². The number of anilines is 1. The summed E-state index contributed by atoms with van der Waals surface area (Å²) in [6.45, 7) is 2.65. The van der Waals surface area contributed by atoms with Gasteiger partial charge < -0.3 is 15.4 Å². The Hall–Kier alpha value is -0.980. The first-order valence-electron chi connectivity index (χ1n) is 6.73. The third kappa shape index (κ3) is 2.60. The second kappa shape index (κ2) is 5.09. The number of ether oxygens (including phenoxy) is 1. The Morgan fingerprint density at radius 1 is 1.60 bits per heavy atom. The molecule has 20 heavy (non-hydrogen) atoms. The molecule has 1 amide bonds. The highest BCUT2D eigenvalue weighted by molar-refractivity contribution is 9.10. The van der Waals surface area contributed by atoms with Gasteiger partial charge in [-0.2, -0.15) is 0 Å². The number of pyridine rings is 1. The summed E-state index contributed by atoms with van der Waals surface area (Å²) in [5.74, 6) is 0.556. The van der Waals surface area contributed by atoms with Crippen LogP contribution >= 0.6 is 15.9 Å². The van der Waals surface area contributed by atoms with Gasteiger partial charge >= 0.3 is 0 Å². The lowest BCUT2D eigenvalue weighted by Crippen LogP contribution is -2.38. The van der Waals surface area contributed by atoms with Crippen molar-refractivity contribution < 1.29 is 9.53 Å². The molecular formula is C14H18BrN3O2. The highest BCUT2D eigenvalue weighted by atomic mass is 79.9. The van der Waals surface area contributed by atoms with Crippen LogP contribution in [0.3, 0.4) is 0 Å². The molecule has 6 heteroatoms. The van der Waals surface area contributed by atoms with Crippen LogP contribution in [0.15, 0.2) is 16.7 Å². The van der Waals surface area contributed by atoms with E-state index in [9.17, 15) is 4.79 Å². The molecule has 2 N–H and O–H groups in total. The number of methoxy groups -OCH3 is 1. The second-order valence-corrected chi connectivity index (χ2v) is 6.71. The van der Waals surface area contributed by atoms with Gasteiger partial charge in [0.15, 0.2) is 0 Å². The maximum Gasteiger partial charge on any atom is 0.242 e. The standard InChI is InChI=1S/C14H18BrN3O2/c1-14-5-9(16-10(14)6-14)13(19)18-12-8(7-20-2)3-4-11(15)17-12/h3-4,9-10,16H,5-7H2,1-2H3,(H,17,18,19). The molecule has 3 atom stereocenters. The summed E-state index contributed by atoms with van der Waals surface area (Å²) in [4.78, 5) is 16.6. The number of piperidine rings is 1. The minimum absolute atomic E-state index is 0.0126. The lowest BCUT2D eigenvalue weighted by molar-refractivity contribution is -0.118. The molecular weight excluding hydrogens is 322 g/mol. The van der Waals surface area contributed by atoms with E-state index >= 15 is 0 Å². The Bertz CT molecular complexity index is 551. The first kappa shape index (κ1) is 14.0. The van der Waals surface area contributed by atoms with Gasteiger partial charge in [0.2, 0.25) is 5.91 Å². The van der Waals surface area contributed by atoms with E-state index in [1.807, 2.05) is 12.1 Å². The number of rotatable bonds is 4. The summed E-state index contributed by atoms with van der Waals surface area (Å²) in [6.07, 6.45) is 2.08. The zero-order valence-electron chi connectivity index (χ0n) is 11.6. The number of halogens is 1. The van der Waals surface area contributed by atoms with Gasteiger partial charge in [0, 0.05) is 18.7 Å². The summed E-state index contributed by atoms with van der Waals surface area (Å²) in [5, 5.41) is 6.29. The van der Waals surface area contributed by atoms with Gasteiger partial charge in [-0.1, -0.05) is 13.0 Å². The third-order valence-electron chi connectivity index (χ3n) is 4.23. The second-order valence-electron chi connectivity index (χ2n) is 5.90. The van der Waals surface area contributed by atoms with Crippen LogP contribution in [-0.2, 0) is 16.1 Å². The summed E-state index contributed by atoms with van der Waals surface area (Å²) in [5.41, 5.74) is 1.20. The van der Waals surface area contributed by atoms with Crippen LogP contribution in [0, 0.1) is 5.41 Å². The zero-order chi connectivity index (χ0) is 14.3. The van der Waals surface area contributed by atoms with E-state index in [-0.39, 0.29) is 11.9 Å². The first-order valence-corrected chi connectivity index (χ1v) is 7.52. The molecule has 2 heterocycles. The Balaban J connectivity index is 1.71. The van der Waals surface area contributed by atoms with Crippen LogP contribution in [-0.4, -0.2) is 30.1 Å². The van der Waals surface area contributed by atoms with Crippen LogP contribution in [0.2, 0.25) is 0 Å². The molecule has 3 unspecified atom stereocenters. The van der Waals surface area contributed by atoms with Crippen molar-refractivity contribution >= 4 is 27.7 Å². The minimum Gasteiger partial charge on any atom is -0.380 e. The van der Waals surface area contributed by atoms with Crippen molar-refractivity contribution in [2.24, 2.45) is 5.41 Å². The summed E-state index contributed by atoms with van der Waals surface area (Å²) >= 11 is 3.33. The van der Waals surface area contributed by atoms with Crippen molar-refractivity contribution in [2.45, 2.75) is 38.5 Å². The van der Waals surface area contributed by atoms with E-state index in [4.69, 9.17) is 4.74 Å². The van der Waals surface area contributed by atoms with Crippen molar-refractivity contribution in [3.8, 4) is 0 Å². The van der Waals surface area contributed by atoms with E-state index in [0.717, 1.165) is 12.0 Å². The Morgan fingerprint density at radius 3 is 3.05 bits per heavy atom. The predicted molar refractivity (Wildman–Crippen MR) is 79.3 cm³/mol. The van der Waals surface area contributed by atoms with Gasteiger partial charge in [-0.25, -0.2) is 4.98 Å². The topological polar surface area (TPSA) is 63.2 Å². The Morgan fingerprint density at radius 2 is 2.40 bits per heavy atom. The SMILES string of the molecule is COCc1ccc(Br)nc1NC(=O)C1CC2(C)CC2N1. The normalized spacial score (nSPS) is 30.9. The molecule has 1 aliphatic carbocycles. The molecule has 3 rings (SSSR count). The van der Waals surface area contributed by atoms with Crippen LogP contribution in [0.1, 0.15) is 25.3 Å². The maximum absolute atomic E-state index is 12.3. The lowest BCUT2D eigenvalue weighted by Gasteiger charge is -2.16. The van der Waals surface area contributed by atoms with Crippen LogP contribution < -0.4 is 10.6 Å². The molecule has 1 aromatic heterocycles. The molecule has 5 nitrogen and oxygen atoms in total. The van der Waals surface area contributed by atoms with Crippen molar-refractivity contribution in [3.63, 3.8) is 0 Å². The lowest BCUT2D eigenvalue weighted by atomic mass is 10.0. The number of nitrogens with one attached hydrogen (secondary N) is 2. The van der Waals surface area contributed by atoms with Gasteiger partial charge in [0.1, 0.15) is 10.4 Å². The highest BCUT2D eigenvalue weighted by Gasteiger charge is 2.58. The quantitative estimate of drug-likeness (QED) is 0.824. The number of fused-ring (bicyclic) bond motifs is 1. The third-order valence-corrected chi connectivity index (χ3v) is 4.67. The number of carbonyl (C=O) groups excluding carboxylic acids is 1. The number of aromatic nitrogens is 1. The van der Waals surface area contributed by atoms with Crippen molar-refractivity contribution in [1.82, 2.24) is 10.3 Å². The smallest absolute Gasteiger partial charge is 0.242 e. The summed E-state index contributed by atoms with van der Waals surface area (Å²) < 4.78 is 5.83. The van der Waals surface area contributed by atoms with Crippen molar-refractivity contribution in [2.75, 3.05) is 12.4 Å². The zero-order valence-corrected chi connectivity index (χ0v) is 13.2. The molecule has 0 bridgehead atoms. The van der Waals surface area contributed by atoms with Crippen molar-refractivity contribution in [3.05, 3.63) is 22.3 Å². The molecule has 1 aliphatic heterocycles. The summed E-state index contributed by atoms with van der Waals surface area (Å²) in [6, 6.07) is 4.13. The van der Waals surface area contributed by atoms with E-state index in [1.54, 1.807) is 7.11 Å². The average molecular weight is 340 g/mol. The van der Waals surface area contributed by atoms with E-state index in [1.165, 1.54) is 6.42 Å². The number of amides is 1. The summed E-state index contributed by atoms with van der Waals surface area (Å²) in [7, 11) is 1.63. The fourth-order valence-corrected chi connectivity index (χ4v) is 3.19. The maximum atomic E-state index is 12.3. The predicted octanol–water partition coefficient (Wildman–Crippen LogP) is 2.07. The molecule has 2 aliphatic rings. The van der Waals surface area contributed by atoms with Crippen LogP contribution in [0.4, 0.5) is 5.82 Å². The molecule has 1 saturated heterocycles. The molecule has 1 saturated carbocycles. The number of carbonyl (C=O) groups is 1. The monoisotopic (exact) mass is 339 g/mol.